The number of hydrogen-bond acceptors (Lipinski definition) is 7. The van der Waals surface area contributed by atoms with E-state index in [9.17, 15) is 14.7 Å². The van der Waals surface area contributed by atoms with Gasteiger partial charge in [-0.25, -0.2) is 4.79 Å². The molecule has 1 saturated heterocycles. The van der Waals surface area contributed by atoms with Crippen LogP contribution in [0.25, 0.3) is 0 Å². The lowest BCUT2D eigenvalue weighted by Gasteiger charge is -2.47. The van der Waals surface area contributed by atoms with Crippen molar-refractivity contribution >= 4 is 11.9 Å². The minimum absolute atomic E-state index is 0.228. The molecule has 0 spiro atoms. The molecule has 1 heterocycles. The summed E-state index contributed by atoms with van der Waals surface area (Å²) < 4.78 is 22.5. The molecule has 1 aliphatic heterocycles. The van der Waals surface area contributed by atoms with Gasteiger partial charge in [-0.3, -0.25) is 4.79 Å². The molecule has 0 aliphatic carbocycles. The summed E-state index contributed by atoms with van der Waals surface area (Å²) in [6, 6.07) is 17.9. The maximum Gasteiger partial charge on any atom is 0.343 e. The van der Waals surface area contributed by atoms with Crippen LogP contribution in [0, 0.1) is 0 Å². The number of carbonyl (C=O) groups is 2. The van der Waals surface area contributed by atoms with Gasteiger partial charge in [-0.05, 0) is 31.5 Å². The summed E-state index contributed by atoms with van der Waals surface area (Å²) in [5.41, 5.74) is -0.956. The second-order valence-corrected chi connectivity index (χ2v) is 7.47. The van der Waals surface area contributed by atoms with Crippen LogP contribution >= 0.6 is 0 Å². The van der Waals surface area contributed by atoms with Crippen LogP contribution in [-0.2, 0) is 30.4 Å². The zero-order chi connectivity index (χ0) is 21.7. The molecule has 1 N–H and O–H groups in total. The van der Waals surface area contributed by atoms with Crippen LogP contribution < -0.4 is 4.74 Å². The van der Waals surface area contributed by atoms with Gasteiger partial charge in [0.2, 0.25) is 0 Å². The third kappa shape index (κ3) is 5.05. The van der Waals surface area contributed by atoms with Crippen molar-refractivity contribution in [1.29, 1.82) is 0 Å². The van der Waals surface area contributed by atoms with Gasteiger partial charge in [0.25, 0.3) is 0 Å². The average molecular weight is 414 g/mol. The van der Waals surface area contributed by atoms with Crippen molar-refractivity contribution in [2.45, 2.75) is 57.4 Å². The number of carbonyl (C=O) groups excluding carboxylic acids is 2. The fourth-order valence-electron chi connectivity index (χ4n) is 3.46. The van der Waals surface area contributed by atoms with Gasteiger partial charge >= 0.3 is 11.9 Å². The van der Waals surface area contributed by atoms with E-state index < -0.39 is 42.0 Å². The Morgan fingerprint density at radius 1 is 1.07 bits per heavy atom. The average Bonchev–Trinajstić information content (AvgIpc) is 2.71. The lowest BCUT2D eigenvalue weighted by atomic mass is 9.83. The van der Waals surface area contributed by atoms with Crippen LogP contribution in [0.3, 0.4) is 0 Å². The monoisotopic (exact) mass is 414 g/mol. The molecule has 0 bridgehead atoms. The summed E-state index contributed by atoms with van der Waals surface area (Å²) in [7, 11) is 0. The highest BCUT2D eigenvalue weighted by Crippen LogP contribution is 2.35. The Labute approximate surface area is 175 Å². The molecule has 5 atom stereocenters. The van der Waals surface area contributed by atoms with Crippen molar-refractivity contribution in [1.82, 2.24) is 0 Å². The summed E-state index contributed by atoms with van der Waals surface area (Å²) in [6.07, 6.45) is -3.93. The summed E-state index contributed by atoms with van der Waals surface area (Å²) in [5.74, 6) is -1.06. The second kappa shape index (κ2) is 9.38. The fourth-order valence-corrected chi connectivity index (χ4v) is 3.46. The molecule has 7 heteroatoms. The molecule has 30 heavy (non-hydrogen) atoms. The normalized spacial score (nSPS) is 28.5. The Hall–Kier alpha value is -2.74. The van der Waals surface area contributed by atoms with Gasteiger partial charge in [-0.1, -0.05) is 48.5 Å². The summed E-state index contributed by atoms with van der Waals surface area (Å²) >= 11 is 0. The largest absolute Gasteiger partial charge is 0.456 e. The van der Waals surface area contributed by atoms with Gasteiger partial charge in [-0.2, -0.15) is 0 Å². The molecule has 2 aromatic carbocycles. The van der Waals surface area contributed by atoms with Gasteiger partial charge in [-0.15, -0.1) is 0 Å². The number of hydrogen-bond donors (Lipinski definition) is 1. The highest BCUT2D eigenvalue weighted by atomic mass is 16.6. The SMILES string of the molecule is CC(=O)O[C@@H]1C(OCc2ccccc2)[C@H](C)OC(C(=O)Oc2ccccc2)[C@@]1(C)O. The molecule has 0 amide bonds. The number of ether oxygens (including phenoxy) is 4. The van der Waals surface area contributed by atoms with E-state index in [1.54, 1.807) is 37.3 Å². The van der Waals surface area contributed by atoms with E-state index in [1.165, 1.54) is 13.8 Å². The molecule has 0 saturated carbocycles. The summed E-state index contributed by atoms with van der Waals surface area (Å²) in [4.78, 5) is 24.5. The molecule has 0 radical (unpaired) electrons. The van der Waals surface area contributed by atoms with Gasteiger partial charge < -0.3 is 24.1 Å². The summed E-state index contributed by atoms with van der Waals surface area (Å²) in [5, 5.41) is 11.2. The Morgan fingerprint density at radius 3 is 2.27 bits per heavy atom. The number of benzene rings is 2. The predicted octanol–water partition coefficient (Wildman–Crippen LogP) is 2.65. The van der Waals surface area contributed by atoms with Crippen molar-refractivity contribution < 1.29 is 33.6 Å². The van der Waals surface area contributed by atoms with Crippen LogP contribution in [0.4, 0.5) is 0 Å². The number of rotatable bonds is 6. The van der Waals surface area contributed by atoms with Crippen LogP contribution in [0.5, 0.6) is 5.75 Å². The molecule has 0 aromatic heterocycles. The lowest BCUT2D eigenvalue weighted by Crippen LogP contribution is -2.68. The third-order valence-electron chi connectivity index (χ3n) is 4.97. The third-order valence-corrected chi connectivity index (χ3v) is 4.97. The number of para-hydroxylation sites is 1. The standard InChI is InChI=1S/C23H26O7/c1-15-19(27-14-17-10-6-4-7-11-17)20(29-16(2)24)23(3,26)21(28-15)22(25)30-18-12-8-5-9-13-18/h4-13,15,19-21,26H,14H2,1-3H3/t15-,19?,20+,21?,23-/m0/s1. The molecule has 1 aliphatic rings. The minimum atomic E-state index is -1.87. The Balaban J connectivity index is 1.80. The van der Waals surface area contributed by atoms with E-state index in [1.807, 2.05) is 30.3 Å². The summed E-state index contributed by atoms with van der Waals surface area (Å²) in [6.45, 7) is 4.54. The Kier molecular flexibility index (Phi) is 6.87. The maximum absolute atomic E-state index is 12.8. The van der Waals surface area contributed by atoms with Gasteiger partial charge in [0, 0.05) is 6.92 Å². The zero-order valence-corrected chi connectivity index (χ0v) is 17.2. The van der Waals surface area contributed by atoms with E-state index in [0.717, 1.165) is 5.56 Å². The van der Waals surface area contributed by atoms with Gasteiger partial charge in [0.1, 0.15) is 17.5 Å². The maximum atomic E-state index is 12.8. The van der Waals surface area contributed by atoms with Crippen molar-refractivity contribution in [3.05, 3.63) is 66.2 Å². The van der Waals surface area contributed by atoms with Crippen molar-refractivity contribution in [2.24, 2.45) is 0 Å². The van der Waals surface area contributed by atoms with Crippen LogP contribution in [0.2, 0.25) is 0 Å². The van der Waals surface area contributed by atoms with E-state index in [-0.39, 0.29) is 6.61 Å². The predicted molar refractivity (Wildman–Crippen MR) is 108 cm³/mol. The quantitative estimate of drug-likeness (QED) is 0.574. The van der Waals surface area contributed by atoms with Crippen molar-refractivity contribution in [3.8, 4) is 5.75 Å². The Morgan fingerprint density at radius 2 is 1.67 bits per heavy atom. The zero-order valence-electron chi connectivity index (χ0n) is 17.2. The first kappa shape index (κ1) is 22.0. The van der Waals surface area contributed by atoms with E-state index in [0.29, 0.717) is 5.75 Å². The van der Waals surface area contributed by atoms with Crippen molar-refractivity contribution in [2.75, 3.05) is 0 Å². The molecule has 160 valence electrons. The first-order valence-electron chi connectivity index (χ1n) is 9.76. The topological polar surface area (TPSA) is 91.3 Å². The van der Waals surface area contributed by atoms with Crippen LogP contribution in [0.15, 0.2) is 60.7 Å². The molecule has 1 fully saturated rings. The minimum Gasteiger partial charge on any atom is -0.456 e. The van der Waals surface area contributed by atoms with Crippen LogP contribution in [-0.4, -0.2) is 47.1 Å². The molecule has 2 unspecified atom stereocenters. The van der Waals surface area contributed by atoms with Crippen molar-refractivity contribution in [3.63, 3.8) is 0 Å². The van der Waals surface area contributed by atoms with Crippen LogP contribution in [0.1, 0.15) is 26.3 Å². The van der Waals surface area contributed by atoms with E-state index in [4.69, 9.17) is 18.9 Å². The molecule has 7 nitrogen and oxygen atoms in total. The highest BCUT2D eigenvalue weighted by molar-refractivity contribution is 5.79. The fraction of sp³-hybridized carbons (Fsp3) is 0.391. The lowest BCUT2D eigenvalue weighted by molar-refractivity contribution is -0.274. The second-order valence-electron chi connectivity index (χ2n) is 7.47. The Bertz CT molecular complexity index is 850. The van der Waals surface area contributed by atoms with Gasteiger partial charge in [0.15, 0.2) is 12.2 Å². The molecule has 2 aromatic rings. The molecular weight excluding hydrogens is 388 g/mol. The van der Waals surface area contributed by atoms with Gasteiger partial charge in [0.05, 0.1) is 12.7 Å². The first-order valence-corrected chi connectivity index (χ1v) is 9.76. The number of esters is 2. The molecular formula is C23H26O7. The smallest absolute Gasteiger partial charge is 0.343 e. The van der Waals surface area contributed by atoms with E-state index >= 15 is 0 Å². The highest BCUT2D eigenvalue weighted by Gasteiger charge is 2.57. The number of aliphatic hydroxyl groups is 1. The molecule has 3 rings (SSSR count). The van der Waals surface area contributed by atoms with E-state index in [2.05, 4.69) is 0 Å². The first-order chi connectivity index (χ1) is 14.3.